The second-order valence-corrected chi connectivity index (χ2v) is 21.0. The molecule has 1 N–H and O–H groups in total. The van der Waals surface area contributed by atoms with Gasteiger partial charge in [0.05, 0.1) is 45.7 Å². The summed E-state index contributed by atoms with van der Waals surface area (Å²) in [4.78, 5) is 0. The number of aliphatic hydroxyl groups is 1. The van der Waals surface area contributed by atoms with Crippen molar-refractivity contribution in [2.24, 2.45) is 11.8 Å². The van der Waals surface area contributed by atoms with Gasteiger partial charge >= 0.3 is 0 Å². The first-order valence-corrected chi connectivity index (χ1v) is 23.2. The van der Waals surface area contributed by atoms with Crippen LogP contribution in [0.25, 0.3) is 0 Å². The smallest absolute Gasteiger partial charge is 0.192 e. The molecule has 0 amide bonds. The van der Waals surface area contributed by atoms with Crippen LogP contribution in [0.4, 0.5) is 0 Å². The van der Waals surface area contributed by atoms with E-state index in [4.69, 9.17) is 42.3 Å². The molecule has 0 radical (unpaired) electrons. The predicted octanol–water partition coefficient (Wildman–Crippen LogP) is 10.1. The third-order valence-corrected chi connectivity index (χ3v) is 15.0. The van der Waals surface area contributed by atoms with Gasteiger partial charge in [0, 0.05) is 33.5 Å². The number of methoxy groups -OCH3 is 4. The van der Waals surface area contributed by atoms with Crippen LogP contribution < -0.4 is 9.47 Å². The summed E-state index contributed by atoms with van der Waals surface area (Å²) < 4.78 is 50.7. The van der Waals surface area contributed by atoms with Crippen LogP contribution in [0.15, 0.2) is 73.8 Å². The van der Waals surface area contributed by atoms with E-state index in [0.29, 0.717) is 45.2 Å². The van der Waals surface area contributed by atoms with E-state index in [9.17, 15) is 5.11 Å². The molecule has 0 unspecified atom stereocenters. The average Bonchev–Trinajstić information content (AvgIpc) is 3.18. The maximum Gasteiger partial charge on any atom is 0.192 e. The van der Waals surface area contributed by atoms with Crippen LogP contribution in [-0.2, 0) is 46.1 Å². The van der Waals surface area contributed by atoms with Gasteiger partial charge in [0.25, 0.3) is 0 Å². The van der Waals surface area contributed by atoms with Crippen molar-refractivity contribution in [3.63, 3.8) is 0 Å². The summed E-state index contributed by atoms with van der Waals surface area (Å²) in [6.45, 7) is 26.1. The summed E-state index contributed by atoms with van der Waals surface area (Å²) in [7, 11) is 4.64. The minimum atomic E-state index is -1.93. The van der Waals surface area contributed by atoms with Crippen molar-refractivity contribution in [3.8, 4) is 11.5 Å². The predicted molar refractivity (Wildman–Crippen MR) is 233 cm³/mol. The fraction of sp³-hybridized carbons (Fsp3) is 0.652. The van der Waals surface area contributed by atoms with Gasteiger partial charge in [-0.2, -0.15) is 0 Å². The van der Waals surface area contributed by atoms with Gasteiger partial charge in [-0.3, -0.25) is 0 Å². The lowest BCUT2D eigenvalue weighted by Crippen LogP contribution is -2.45. The van der Waals surface area contributed by atoms with Crippen molar-refractivity contribution in [1.29, 1.82) is 0 Å². The third-order valence-electron chi connectivity index (χ3n) is 10.4. The van der Waals surface area contributed by atoms with Crippen LogP contribution in [0.2, 0.25) is 18.1 Å². The molecule has 11 heteroatoms. The topological polar surface area (TPSA) is 103 Å². The Morgan fingerprint density at radius 2 is 1.09 bits per heavy atom. The molecule has 2 aromatic rings. The zero-order valence-corrected chi connectivity index (χ0v) is 38.3. The van der Waals surface area contributed by atoms with Gasteiger partial charge in [-0.1, -0.05) is 71.0 Å². The summed E-state index contributed by atoms with van der Waals surface area (Å²) >= 11 is 0. The molecule has 0 fully saturated rings. The third kappa shape index (κ3) is 22.4. The van der Waals surface area contributed by atoms with Gasteiger partial charge in [0.15, 0.2) is 8.32 Å². The van der Waals surface area contributed by atoms with Crippen LogP contribution in [0.3, 0.4) is 0 Å². The second-order valence-electron chi connectivity index (χ2n) is 16.2. The van der Waals surface area contributed by atoms with Gasteiger partial charge in [-0.25, -0.2) is 0 Å². The van der Waals surface area contributed by atoms with E-state index in [1.807, 2.05) is 60.7 Å². The van der Waals surface area contributed by atoms with Gasteiger partial charge in [0.2, 0.25) is 0 Å². The first-order chi connectivity index (χ1) is 27.1. The zero-order valence-electron chi connectivity index (χ0n) is 37.3. The Morgan fingerprint density at radius 1 is 0.667 bits per heavy atom. The van der Waals surface area contributed by atoms with Crippen molar-refractivity contribution in [2.45, 2.75) is 129 Å². The molecule has 2 aromatic carbocycles. The van der Waals surface area contributed by atoms with Crippen molar-refractivity contribution in [3.05, 3.63) is 85.0 Å². The highest BCUT2D eigenvalue weighted by Crippen LogP contribution is 2.38. The van der Waals surface area contributed by atoms with Crippen molar-refractivity contribution >= 4 is 8.32 Å². The van der Waals surface area contributed by atoms with Crippen molar-refractivity contribution in [1.82, 2.24) is 0 Å². The van der Waals surface area contributed by atoms with Crippen molar-refractivity contribution in [2.75, 3.05) is 55.2 Å². The lowest BCUT2D eigenvalue weighted by atomic mass is 9.95. The highest BCUT2D eigenvalue weighted by atomic mass is 28.4. The van der Waals surface area contributed by atoms with Gasteiger partial charge in [0.1, 0.15) is 25.1 Å². The minimum Gasteiger partial charge on any atom is -0.497 e. The average molecular weight is 819 g/mol. The normalized spacial score (nSPS) is 15.0. The maximum atomic E-state index is 10.3. The lowest BCUT2D eigenvalue weighted by molar-refractivity contribution is -0.103. The van der Waals surface area contributed by atoms with Crippen LogP contribution >= 0.6 is 0 Å². The fourth-order valence-corrected chi connectivity index (χ4v) is 7.19. The lowest BCUT2D eigenvalue weighted by Gasteiger charge is -2.40. The maximum absolute atomic E-state index is 10.3. The molecule has 0 saturated heterocycles. The van der Waals surface area contributed by atoms with E-state index in [1.165, 1.54) is 0 Å². The molecule has 10 nitrogen and oxygen atoms in total. The molecule has 326 valence electrons. The van der Waals surface area contributed by atoms with Gasteiger partial charge in [-0.05, 0) is 104 Å². The summed E-state index contributed by atoms with van der Waals surface area (Å²) in [5.41, 5.74) is 2.21. The van der Waals surface area contributed by atoms with Gasteiger partial charge < -0.3 is 47.4 Å². The Balaban J connectivity index is 0.000000587. The first-order valence-electron chi connectivity index (χ1n) is 20.3. The monoisotopic (exact) mass is 819 g/mol. The van der Waals surface area contributed by atoms with E-state index in [2.05, 4.69) is 60.9 Å². The summed E-state index contributed by atoms with van der Waals surface area (Å²) in [5.74, 6) is 2.30. The SMILES string of the molecule is C=CC[C@H](C)[C@@H](C[C@H](CCOCc1ccc(OC)cc1)O[Si](C)(C)C(C)(C)C)OCOC.C=CC[C@H](C)[C@@H](C[C@H](O)CCOCc1ccc(OC)cc1)OCOC. The first kappa shape index (κ1) is 52.4. The van der Waals surface area contributed by atoms with E-state index in [1.54, 1.807) is 28.4 Å². The Morgan fingerprint density at radius 3 is 1.47 bits per heavy atom. The Kier molecular flexibility index (Phi) is 27.2. The number of hydrogen-bond acceptors (Lipinski definition) is 10. The Hall–Kier alpha value is -2.58. The molecule has 0 spiro atoms. The molecule has 0 aromatic heterocycles. The summed E-state index contributed by atoms with van der Waals surface area (Å²) in [5, 5.41) is 10.4. The highest BCUT2D eigenvalue weighted by molar-refractivity contribution is 6.74. The molecular formula is C46H78O10Si. The van der Waals surface area contributed by atoms with Crippen molar-refractivity contribution < 1.29 is 47.4 Å². The molecule has 0 aliphatic rings. The number of rotatable bonds is 30. The van der Waals surface area contributed by atoms with Crippen LogP contribution in [0.5, 0.6) is 11.5 Å². The molecule has 0 aliphatic heterocycles. The molecule has 0 heterocycles. The zero-order chi connectivity index (χ0) is 42.7. The molecule has 0 aliphatic carbocycles. The van der Waals surface area contributed by atoms with Gasteiger partial charge in [-0.15, -0.1) is 13.2 Å². The number of benzene rings is 2. The fourth-order valence-electron chi connectivity index (χ4n) is 5.79. The van der Waals surface area contributed by atoms with Crippen LogP contribution in [0.1, 0.15) is 84.3 Å². The summed E-state index contributed by atoms with van der Waals surface area (Å²) in [6, 6.07) is 15.8. The molecule has 57 heavy (non-hydrogen) atoms. The number of ether oxygens (including phenoxy) is 8. The number of hydrogen-bond donors (Lipinski definition) is 1. The largest absolute Gasteiger partial charge is 0.497 e. The Labute approximate surface area is 347 Å². The van der Waals surface area contributed by atoms with E-state index in [-0.39, 0.29) is 42.9 Å². The van der Waals surface area contributed by atoms with E-state index < -0.39 is 14.4 Å². The van der Waals surface area contributed by atoms with E-state index in [0.717, 1.165) is 48.3 Å². The highest BCUT2D eigenvalue weighted by Gasteiger charge is 2.40. The standard InChI is InChI=1S/C26H46O5Si.C20H32O5/c1-10-11-21(2)25(30-20-27-6)18-24(31-32(8,9)26(3,4)5)16-17-29-19-22-12-14-23(28-7)15-13-22;1-5-6-16(2)20(25-15-22-3)13-18(21)11-12-24-14-17-7-9-19(23-4)10-8-17/h10,12-15,21,24-25H,1,11,16-20H2,2-9H3;5,7-10,16,18,20-21H,1,6,11-15H2,2-4H3/t21-,24-,25+;16-,18+,20+/m00/s1. The summed E-state index contributed by atoms with van der Waals surface area (Å²) in [6.07, 6.45) is 7.93. The number of aliphatic hydroxyl groups excluding tert-OH is 1. The molecular weight excluding hydrogens is 741 g/mol. The second kappa shape index (κ2) is 29.6. The Bertz CT molecular complexity index is 1300. The molecule has 0 saturated carbocycles. The quantitative estimate of drug-likeness (QED) is 0.0355. The van der Waals surface area contributed by atoms with Crippen LogP contribution in [-0.4, -0.2) is 93.1 Å². The minimum absolute atomic E-state index is 0.0457. The molecule has 6 atom stereocenters. The van der Waals surface area contributed by atoms with E-state index >= 15 is 0 Å². The number of allylic oxidation sites excluding steroid dienone is 2. The molecule has 2 rings (SSSR count). The van der Waals surface area contributed by atoms with Crippen LogP contribution in [0, 0.1) is 11.8 Å². The molecule has 0 bridgehead atoms.